The van der Waals surface area contributed by atoms with Gasteiger partial charge in [-0.1, -0.05) is 32.9 Å². The van der Waals surface area contributed by atoms with E-state index in [1.54, 1.807) is 12.1 Å². The zero-order chi connectivity index (χ0) is 19.1. The van der Waals surface area contributed by atoms with Gasteiger partial charge in [-0.25, -0.2) is 9.37 Å². The van der Waals surface area contributed by atoms with Gasteiger partial charge in [0.05, 0.1) is 0 Å². The molecule has 0 unspecified atom stereocenters. The summed E-state index contributed by atoms with van der Waals surface area (Å²) in [6.45, 7) is 13.1. The lowest BCUT2D eigenvalue weighted by atomic mass is 9.82. The molecule has 0 spiro atoms. The standard InChI is InChI=1S/C22H28FN3.ClH/c1-15-11-12-26-18(13-15)24-19(16-9-7-8-10-17(16)23)20(26)25-22(5,6)14-21(2,3)4;/h7-13,25H,14H2,1-6H3;1H. The molecule has 0 amide bonds. The maximum absolute atomic E-state index is 14.5. The molecule has 3 rings (SSSR count). The van der Waals surface area contributed by atoms with Crippen LogP contribution in [0.1, 0.15) is 46.6 Å². The van der Waals surface area contributed by atoms with Crippen molar-refractivity contribution in [1.29, 1.82) is 0 Å². The first-order valence-electron chi connectivity index (χ1n) is 9.08. The van der Waals surface area contributed by atoms with Crippen LogP contribution < -0.4 is 5.32 Å². The van der Waals surface area contributed by atoms with E-state index in [0.717, 1.165) is 23.4 Å². The van der Waals surface area contributed by atoms with Crippen molar-refractivity contribution in [3.63, 3.8) is 0 Å². The normalized spacial score (nSPS) is 12.1. The second-order valence-corrected chi connectivity index (χ2v) is 8.97. The zero-order valence-corrected chi connectivity index (χ0v) is 17.7. The lowest BCUT2D eigenvalue weighted by molar-refractivity contribution is 0.302. The Kier molecular flexibility index (Phi) is 5.91. The van der Waals surface area contributed by atoms with Crippen LogP contribution in [0.25, 0.3) is 16.9 Å². The van der Waals surface area contributed by atoms with E-state index in [4.69, 9.17) is 4.98 Å². The van der Waals surface area contributed by atoms with E-state index in [-0.39, 0.29) is 29.2 Å². The highest BCUT2D eigenvalue weighted by Gasteiger charge is 2.28. The van der Waals surface area contributed by atoms with Gasteiger partial charge in [0.2, 0.25) is 0 Å². The monoisotopic (exact) mass is 389 g/mol. The number of imidazole rings is 1. The van der Waals surface area contributed by atoms with E-state index >= 15 is 0 Å². The predicted octanol–water partition coefficient (Wildman–Crippen LogP) is 6.50. The topological polar surface area (TPSA) is 29.3 Å². The van der Waals surface area contributed by atoms with Gasteiger partial charge in [0.15, 0.2) is 0 Å². The summed E-state index contributed by atoms with van der Waals surface area (Å²) < 4.78 is 16.5. The number of anilines is 1. The molecule has 0 fully saturated rings. The highest BCUT2D eigenvalue weighted by Crippen LogP contribution is 2.35. The number of hydrogen-bond acceptors (Lipinski definition) is 2. The summed E-state index contributed by atoms with van der Waals surface area (Å²) in [5, 5.41) is 3.65. The lowest BCUT2D eigenvalue weighted by Crippen LogP contribution is -2.36. The fraction of sp³-hybridized carbons (Fsp3) is 0.409. The Morgan fingerprint density at radius 2 is 1.74 bits per heavy atom. The van der Waals surface area contributed by atoms with Crippen molar-refractivity contribution in [2.24, 2.45) is 5.41 Å². The zero-order valence-electron chi connectivity index (χ0n) is 16.9. The molecule has 1 N–H and O–H groups in total. The van der Waals surface area contributed by atoms with Crippen molar-refractivity contribution in [2.75, 3.05) is 5.32 Å². The molecule has 1 aromatic carbocycles. The van der Waals surface area contributed by atoms with Crippen molar-refractivity contribution in [1.82, 2.24) is 9.38 Å². The summed E-state index contributed by atoms with van der Waals surface area (Å²) in [4.78, 5) is 4.75. The molecule has 27 heavy (non-hydrogen) atoms. The van der Waals surface area contributed by atoms with Gasteiger partial charge in [0.25, 0.3) is 0 Å². The molecule has 0 aliphatic rings. The molecule has 2 aromatic heterocycles. The van der Waals surface area contributed by atoms with Crippen LogP contribution in [-0.4, -0.2) is 14.9 Å². The van der Waals surface area contributed by atoms with E-state index in [1.165, 1.54) is 6.07 Å². The number of fused-ring (bicyclic) bond motifs is 1. The van der Waals surface area contributed by atoms with Crippen molar-refractivity contribution < 1.29 is 4.39 Å². The Morgan fingerprint density at radius 1 is 1.07 bits per heavy atom. The van der Waals surface area contributed by atoms with Gasteiger partial charge in [0, 0.05) is 17.3 Å². The van der Waals surface area contributed by atoms with Crippen LogP contribution >= 0.6 is 12.4 Å². The molecule has 2 heterocycles. The fourth-order valence-electron chi connectivity index (χ4n) is 3.80. The molecule has 0 radical (unpaired) electrons. The second kappa shape index (κ2) is 7.51. The number of aryl methyl sites for hydroxylation is 1. The number of nitrogens with zero attached hydrogens (tertiary/aromatic N) is 2. The fourth-order valence-corrected chi connectivity index (χ4v) is 3.80. The van der Waals surface area contributed by atoms with Crippen LogP contribution in [0.5, 0.6) is 0 Å². The van der Waals surface area contributed by atoms with Crippen molar-refractivity contribution in [3.05, 3.63) is 54.0 Å². The molecule has 0 saturated heterocycles. The molecule has 5 heteroatoms. The Morgan fingerprint density at radius 3 is 2.37 bits per heavy atom. The van der Waals surface area contributed by atoms with Crippen LogP contribution in [-0.2, 0) is 0 Å². The number of benzene rings is 1. The van der Waals surface area contributed by atoms with Crippen molar-refractivity contribution in [2.45, 2.75) is 53.5 Å². The van der Waals surface area contributed by atoms with Crippen LogP contribution in [0.2, 0.25) is 0 Å². The third-order valence-electron chi connectivity index (χ3n) is 4.34. The first-order valence-corrected chi connectivity index (χ1v) is 9.08. The van der Waals surface area contributed by atoms with Crippen molar-refractivity contribution in [3.8, 4) is 11.3 Å². The van der Waals surface area contributed by atoms with E-state index < -0.39 is 0 Å². The predicted molar refractivity (Wildman–Crippen MR) is 114 cm³/mol. The van der Waals surface area contributed by atoms with Gasteiger partial charge >= 0.3 is 0 Å². The third kappa shape index (κ3) is 4.81. The largest absolute Gasteiger partial charge is 0.364 e. The lowest BCUT2D eigenvalue weighted by Gasteiger charge is -2.34. The minimum absolute atomic E-state index is 0. The molecule has 0 saturated carbocycles. The smallest absolute Gasteiger partial charge is 0.139 e. The highest BCUT2D eigenvalue weighted by atomic mass is 35.5. The average molecular weight is 390 g/mol. The Bertz CT molecular complexity index is 938. The Balaban J connectivity index is 0.00000261. The maximum Gasteiger partial charge on any atom is 0.139 e. The summed E-state index contributed by atoms with van der Waals surface area (Å²) in [5.74, 6) is 0.573. The minimum atomic E-state index is -0.260. The molecular weight excluding hydrogens is 361 g/mol. The summed E-state index contributed by atoms with van der Waals surface area (Å²) in [6, 6.07) is 10.9. The van der Waals surface area contributed by atoms with Gasteiger partial charge in [-0.2, -0.15) is 0 Å². The van der Waals surface area contributed by atoms with Crippen LogP contribution in [0.3, 0.4) is 0 Å². The molecule has 3 nitrogen and oxygen atoms in total. The summed E-state index contributed by atoms with van der Waals surface area (Å²) in [7, 11) is 0. The number of pyridine rings is 1. The number of aromatic nitrogens is 2. The molecule has 0 aliphatic heterocycles. The highest BCUT2D eigenvalue weighted by molar-refractivity contribution is 5.85. The van der Waals surface area contributed by atoms with Gasteiger partial charge in [-0.05, 0) is 62.4 Å². The maximum atomic E-state index is 14.5. The van der Waals surface area contributed by atoms with Gasteiger partial charge in [-0.15, -0.1) is 12.4 Å². The SMILES string of the molecule is Cc1ccn2c(NC(C)(C)CC(C)(C)C)c(-c3ccccc3F)nc2c1.Cl. The molecule has 0 bridgehead atoms. The second-order valence-electron chi connectivity index (χ2n) is 8.97. The van der Waals surface area contributed by atoms with E-state index in [2.05, 4.69) is 39.9 Å². The molecule has 0 aliphatic carbocycles. The van der Waals surface area contributed by atoms with Gasteiger partial charge in [-0.3, -0.25) is 4.40 Å². The Hall–Kier alpha value is -2.07. The quantitative estimate of drug-likeness (QED) is 0.552. The number of halogens is 2. The van der Waals surface area contributed by atoms with Gasteiger partial charge in [0.1, 0.15) is 23.0 Å². The first-order chi connectivity index (χ1) is 12.1. The van der Waals surface area contributed by atoms with E-state index in [9.17, 15) is 4.39 Å². The van der Waals surface area contributed by atoms with Gasteiger partial charge < -0.3 is 5.32 Å². The first kappa shape index (κ1) is 21.2. The third-order valence-corrected chi connectivity index (χ3v) is 4.34. The molecular formula is C22H29ClFN3. The summed E-state index contributed by atoms with van der Waals surface area (Å²) in [5.41, 5.74) is 3.11. The minimum Gasteiger partial charge on any atom is -0.364 e. The molecule has 0 atom stereocenters. The average Bonchev–Trinajstić information content (AvgIpc) is 2.82. The molecule has 146 valence electrons. The Labute approximate surface area is 167 Å². The van der Waals surface area contributed by atoms with E-state index in [0.29, 0.717) is 11.3 Å². The van der Waals surface area contributed by atoms with Crippen LogP contribution in [0.4, 0.5) is 10.2 Å². The number of nitrogens with one attached hydrogen (secondary N) is 1. The molecule has 3 aromatic rings. The number of hydrogen-bond donors (Lipinski definition) is 1. The van der Waals surface area contributed by atoms with E-state index in [1.807, 2.05) is 35.7 Å². The van der Waals surface area contributed by atoms with Crippen LogP contribution in [0.15, 0.2) is 42.6 Å². The summed E-state index contributed by atoms with van der Waals surface area (Å²) >= 11 is 0. The summed E-state index contributed by atoms with van der Waals surface area (Å²) in [6.07, 6.45) is 2.97. The van der Waals surface area contributed by atoms with Crippen LogP contribution in [0, 0.1) is 18.2 Å². The van der Waals surface area contributed by atoms with Crippen molar-refractivity contribution >= 4 is 23.9 Å². The number of rotatable bonds is 4.